The molecule has 0 bridgehead atoms. The molecular weight excluding hydrogens is 290 g/mol. The monoisotopic (exact) mass is 307 g/mol. The van der Waals surface area contributed by atoms with Crippen LogP contribution in [0.4, 0.5) is 5.95 Å². The summed E-state index contributed by atoms with van der Waals surface area (Å²) in [5.74, 6) is -0.497. The molecule has 2 aromatic rings. The van der Waals surface area contributed by atoms with Crippen LogP contribution in [0.5, 0.6) is 0 Å². The van der Waals surface area contributed by atoms with Crippen LogP contribution in [0, 0.1) is 0 Å². The number of nitrogens with two attached hydrogens (primary N) is 1. The van der Waals surface area contributed by atoms with Gasteiger partial charge < -0.3 is 15.0 Å². The first-order valence-electron chi connectivity index (χ1n) is 6.80. The minimum Gasteiger partial charge on any atom is -0.466 e. The zero-order valence-electron chi connectivity index (χ0n) is 12.4. The Morgan fingerprint density at radius 1 is 1.27 bits per heavy atom. The van der Waals surface area contributed by atoms with E-state index in [1.165, 1.54) is 18.4 Å². The first-order valence-corrected chi connectivity index (χ1v) is 6.80. The van der Waals surface area contributed by atoms with Gasteiger partial charge in [0.05, 0.1) is 6.61 Å². The molecule has 2 aromatic heterocycles. The van der Waals surface area contributed by atoms with Crippen molar-refractivity contribution >= 4 is 28.9 Å². The summed E-state index contributed by atoms with van der Waals surface area (Å²) in [4.78, 5) is 44.8. The molecular formula is C13H17N5O4. The van der Waals surface area contributed by atoms with Gasteiger partial charge in [0.1, 0.15) is 0 Å². The number of ether oxygens (including phenoxy) is 1. The van der Waals surface area contributed by atoms with Crippen molar-refractivity contribution in [3.8, 4) is 0 Å². The number of carbonyl (C=O) groups is 2. The van der Waals surface area contributed by atoms with Crippen molar-refractivity contribution in [2.75, 3.05) is 12.3 Å². The summed E-state index contributed by atoms with van der Waals surface area (Å²) in [6.45, 7) is 3.39. The number of unbranched alkanes of at least 4 members (excludes halogenated alkanes) is 1. The zero-order valence-corrected chi connectivity index (χ0v) is 12.4. The summed E-state index contributed by atoms with van der Waals surface area (Å²) in [6.07, 6.45) is 1.22. The Bertz CT molecular complexity index is 777. The van der Waals surface area contributed by atoms with Crippen LogP contribution in [0.25, 0.3) is 11.2 Å². The van der Waals surface area contributed by atoms with Gasteiger partial charge >= 0.3 is 5.97 Å². The van der Waals surface area contributed by atoms with Gasteiger partial charge in [0.2, 0.25) is 5.95 Å². The van der Waals surface area contributed by atoms with Gasteiger partial charge in [-0.05, 0) is 12.8 Å². The topological polar surface area (TPSA) is 133 Å². The van der Waals surface area contributed by atoms with Gasteiger partial charge in [-0.1, -0.05) is 0 Å². The van der Waals surface area contributed by atoms with Crippen molar-refractivity contribution in [1.82, 2.24) is 19.5 Å². The number of nitrogens with zero attached hydrogens (tertiary/aromatic N) is 3. The fraction of sp³-hybridized carbons (Fsp3) is 0.462. The number of esters is 1. The lowest BCUT2D eigenvalue weighted by Crippen LogP contribution is -2.16. The molecule has 0 radical (unpaired) electrons. The number of Topliss-reactive ketones (excluding diaryl/α,β-unsaturated/α-hetero) is 1. The van der Waals surface area contributed by atoms with Crippen LogP contribution in [-0.2, 0) is 16.1 Å². The maximum atomic E-state index is 12.0. The molecule has 3 N–H and O–H groups in total. The minimum absolute atomic E-state index is 0.0490. The van der Waals surface area contributed by atoms with Gasteiger partial charge in [-0.25, -0.2) is 4.98 Å². The standard InChI is InChI=1S/C13H17N5O4/c1-7(19)11-15-10-9(12(21)17-13(14)16-10)18(11)5-3-4-6-22-8(2)20/h3-6H2,1-2H3,(H3,14,16,17,21). The third-order valence-electron chi connectivity index (χ3n) is 3.03. The molecule has 0 saturated carbocycles. The first-order chi connectivity index (χ1) is 10.4. The predicted molar refractivity (Wildman–Crippen MR) is 78.4 cm³/mol. The van der Waals surface area contributed by atoms with Crippen LogP contribution in [-0.4, -0.2) is 37.9 Å². The number of aryl methyl sites for hydroxylation is 1. The number of imidazole rings is 1. The van der Waals surface area contributed by atoms with Crippen LogP contribution >= 0.6 is 0 Å². The third kappa shape index (κ3) is 3.30. The SMILES string of the molecule is CC(=O)OCCCCn1c(C(C)=O)nc2nc(N)[nH]c(=O)c21. The van der Waals surface area contributed by atoms with Gasteiger partial charge in [0, 0.05) is 20.4 Å². The van der Waals surface area contributed by atoms with Gasteiger partial charge in [0.15, 0.2) is 22.8 Å². The van der Waals surface area contributed by atoms with E-state index in [0.717, 1.165) is 0 Å². The van der Waals surface area contributed by atoms with Crippen LogP contribution in [0.3, 0.4) is 0 Å². The summed E-state index contributed by atoms with van der Waals surface area (Å²) in [7, 11) is 0. The maximum absolute atomic E-state index is 12.0. The molecule has 9 nitrogen and oxygen atoms in total. The Kier molecular flexibility index (Phi) is 4.54. The predicted octanol–water partition coefficient (Wildman–Crippen LogP) is 0.248. The Hall–Kier alpha value is -2.71. The summed E-state index contributed by atoms with van der Waals surface area (Å²) in [6, 6.07) is 0. The van der Waals surface area contributed by atoms with Crippen molar-refractivity contribution in [1.29, 1.82) is 0 Å². The molecule has 2 rings (SSSR count). The molecule has 22 heavy (non-hydrogen) atoms. The second-order valence-corrected chi connectivity index (χ2v) is 4.81. The smallest absolute Gasteiger partial charge is 0.302 e. The van der Waals surface area contributed by atoms with Crippen molar-refractivity contribution in [3.63, 3.8) is 0 Å². The molecule has 0 atom stereocenters. The molecule has 118 valence electrons. The molecule has 0 amide bonds. The van der Waals surface area contributed by atoms with Crippen molar-refractivity contribution < 1.29 is 14.3 Å². The molecule has 0 aliphatic carbocycles. The highest BCUT2D eigenvalue weighted by Gasteiger charge is 2.18. The number of aromatic amines is 1. The molecule has 0 saturated heterocycles. The van der Waals surface area contributed by atoms with E-state index < -0.39 is 5.56 Å². The van der Waals surface area contributed by atoms with Crippen molar-refractivity contribution in [2.45, 2.75) is 33.2 Å². The molecule has 0 spiro atoms. The second kappa shape index (κ2) is 6.37. The second-order valence-electron chi connectivity index (χ2n) is 4.81. The highest BCUT2D eigenvalue weighted by Crippen LogP contribution is 2.13. The van der Waals surface area contributed by atoms with E-state index in [0.29, 0.717) is 26.0 Å². The number of hydrogen-bond donors (Lipinski definition) is 2. The van der Waals surface area contributed by atoms with E-state index in [2.05, 4.69) is 15.0 Å². The van der Waals surface area contributed by atoms with Gasteiger partial charge in [-0.15, -0.1) is 0 Å². The molecule has 2 heterocycles. The number of nitrogens with one attached hydrogen (secondary N) is 1. The first kappa shape index (κ1) is 15.7. The van der Waals surface area contributed by atoms with Crippen molar-refractivity contribution in [2.24, 2.45) is 0 Å². The molecule has 0 aliphatic heterocycles. The maximum Gasteiger partial charge on any atom is 0.302 e. The molecule has 9 heteroatoms. The van der Waals surface area contributed by atoms with E-state index >= 15 is 0 Å². The average Bonchev–Trinajstić information content (AvgIpc) is 2.77. The van der Waals surface area contributed by atoms with E-state index in [9.17, 15) is 14.4 Å². The van der Waals surface area contributed by atoms with E-state index in [-0.39, 0.29) is 34.7 Å². The quantitative estimate of drug-likeness (QED) is 0.444. The molecule has 0 fully saturated rings. The summed E-state index contributed by atoms with van der Waals surface area (Å²) >= 11 is 0. The number of fused-ring (bicyclic) bond motifs is 1. The van der Waals surface area contributed by atoms with E-state index in [1.807, 2.05) is 0 Å². The number of hydrogen-bond acceptors (Lipinski definition) is 7. The Labute approximate surface area is 125 Å². The Morgan fingerprint density at radius 2 is 2.00 bits per heavy atom. The lowest BCUT2D eigenvalue weighted by molar-refractivity contribution is -0.141. The fourth-order valence-corrected chi connectivity index (χ4v) is 2.13. The summed E-state index contributed by atoms with van der Waals surface area (Å²) < 4.78 is 6.36. The third-order valence-corrected chi connectivity index (χ3v) is 3.03. The molecule has 0 aliphatic rings. The van der Waals surface area contributed by atoms with Gasteiger partial charge in [0.25, 0.3) is 5.56 Å². The number of anilines is 1. The summed E-state index contributed by atoms with van der Waals surface area (Å²) in [5, 5.41) is 0. The highest BCUT2D eigenvalue weighted by atomic mass is 16.5. The van der Waals surface area contributed by atoms with E-state index in [4.69, 9.17) is 10.5 Å². The number of H-pyrrole nitrogens is 1. The number of carbonyl (C=O) groups excluding carboxylic acids is 2. The number of ketones is 1. The van der Waals surface area contributed by atoms with Gasteiger partial charge in [-0.3, -0.25) is 19.4 Å². The van der Waals surface area contributed by atoms with Crippen LogP contribution < -0.4 is 11.3 Å². The minimum atomic E-state index is -0.442. The molecule has 0 unspecified atom stereocenters. The van der Waals surface area contributed by atoms with Crippen LogP contribution in [0.2, 0.25) is 0 Å². The number of nitrogen functional groups attached to an aromatic ring is 1. The van der Waals surface area contributed by atoms with Crippen molar-refractivity contribution in [3.05, 3.63) is 16.2 Å². The Morgan fingerprint density at radius 3 is 2.64 bits per heavy atom. The normalized spacial score (nSPS) is 10.8. The van der Waals surface area contributed by atoms with Crippen LogP contribution in [0.1, 0.15) is 37.3 Å². The summed E-state index contributed by atoms with van der Waals surface area (Å²) in [5.41, 5.74) is 5.40. The largest absolute Gasteiger partial charge is 0.466 e. The lowest BCUT2D eigenvalue weighted by atomic mass is 10.3. The van der Waals surface area contributed by atoms with Gasteiger partial charge in [-0.2, -0.15) is 4.98 Å². The molecule has 0 aromatic carbocycles. The van der Waals surface area contributed by atoms with E-state index in [1.54, 1.807) is 0 Å². The average molecular weight is 307 g/mol. The highest BCUT2D eigenvalue weighted by molar-refractivity contribution is 5.94. The zero-order chi connectivity index (χ0) is 16.3. The number of rotatable bonds is 6. The lowest BCUT2D eigenvalue weighted by Gasteiger charge is -2.07. The number of aromatic nitrogens is 4. The van der Waals surface area contributed by atoms with Crippen LogP contribution in [0.15, 0.2) is 4.79 Å². The Balaban J connectivity index is 2.26. The fourth-order valence-electron chi connectivity index (χ4n) is 2.13.